The van der Waals surface area contributed by atoms with E-state index >= 15 is 0 Å². The Labute approximate surface area is 119 Å². The fraction of sp³-hybridized carbons (Fsp3) is 0.533. The van der Waals surface area contributed by atoms with Gasteiger partial charge in [-0.1, -0.05) is 19.1 Å². The van der Waals surface area contributed by atoms with Gasteiger partial charge >= 0.3 is 0 Å². The smallest absolute Gasteiger partial charge is 0.226 e. The van der Waals surface area contributed by atoms with E-state index in [1.165, 1.54) is 4.90 Å². The predicted octanol–water partition coefficient (Wildman–Crippen LogP) is 2.32. The number of hydrogen-bond acceptors (Lipinski definition) is 3. The highest BCUT2D eigenvalue weighted by atomic mass is 32.2. The van der Waals surface area contributed by atoms with Gasteiger partial charge in [0.15, 0.2) is 0 Å². The van der Waals surface area contributed by atoms with E-state index in [2.05, 4.69) is 19.1 Å². The van der Waals surface area contributed by atoms with Gasteiger partial charge in [-0.2, -0.15) is 0 Å². The number of rotatable bonds is 4. The molecule has 104 valence electrons. The molecule has 0 aliphatic carbocycles. The first-order valence-electron chi connectivity index (χ1n) is 6.86. The van der Waals surface area contributed by atoms with Gasteiger partial charge in [-0.3, -0.25) is 4.79 Å². The Morgan fingerprint density at radius 3 is 2.53 bits per heavy atom. The summed E-state index contributed by atoms with van der Waals surface area (Å²) < 4.78 is 0. The van der Waals surface area contributed by atoms with Crippen LogP contribution in [0.25, 0.3) is 0 Å². The Morgan fingerprint density at radius 2 is 1.95 bits per heavy atom. The van der Waals surface area contributed by atoms with Crippen LogP contribution in [0.5, 0.6) is 0 Å². The number of thioether (sulfide) groups is 1. The summed E-state index contributed by atoms with van der Waals surface area (Å²) in [4.78, 5) is 15.2. The highest BCUT2D eigenvalue weighted by Crippen LogP contribution is 2.18. The molecule has 1 heterocycles. The zero-order chi connectivity index (χ0) is 13.7. The van der Waals surface area contributed by atoms with Crippen molar-refractivity contribution in [3.8, 4) is 0 Å². The second kappa shape index (κ2) is 6.96. The van der Waals surface area contributed by atoms with Gasteiger partial charge in [0, 0.05) is 18.0 Å². The Kier molecular flexibility index (Phi) is 5.28. The van der Waals surface area contributed by atoms with Gasteiger partial charge in [0.1, 0.15) is 0 Å². The summed E-state index contributed by atoms with van der Waals surface area (Å²) in [6.07, 6.45) is 1.65. The lowest BCUT2D eigenvalue weighted by Gasteiger charge is -2.29. The molecule has 0 spiro atoms. The molecule has 0 saturated carbocycles. The van der Waals surface area contributed by atoms with Gasteiger partial charge in [-0.25, -0.2) is 0 Å². The number of piperidine rings is 1. The van der Waals surface area contributed by atoms with E-state index in [1.807, 2.05) is 28.8 Å². The van der Waals surface area contributed by atoms with E-state index in [-0.39, 0.29) is 12.0 Å². The van der Waals surface area contributed by atoms with Crippen LogP contribution in [0, 0.1) is 0 Å². The molecule has 1 saturated heterocycles. The lowest BCUT2D eigenvalue weighted by Crippen LogP contribution is -2.40. The third-order valence-electron chi connectivity index (χ3n) is 3.41. The molecule has 1 N–H and O–H groups in total. The molecule has 0 radical (unpaired) electrons. The van der Waals surface area contributed by atoms with Crippen molar-refractivity contribution in [2.24, 2.45) is 0 Å². The van der Waals surface area contributed by atoms with Gasteiger partial charge in [0.05, 0.1) is 12.5 Å². The molecule has 19 heavy (non-hydrogen) atoms. The molecular formula is C15H21NO2S. The van der Waals surface area contributed by atoms with Crippen LogP contribution >= 0.6 is 11.8 Å². The number of aliphatic hydroxyl groups is 1. The number of hydrogen-bond donors (Lipinski definition) is 1. The molecule has 1 aliphatic rings. The average molecular weight is 279 g/mol. The zero-order valence-electron chi connectivity index (χ0n) is 11.3. The zero-order valence-corrected chi connectivity index (χ0v) is 12.2. The summed E-state index contributed by atoms with van der Waals surface area (Å²) in [7, 11) is 0. The van der Waals surface area contributed by atoms with E-state index < -0.39 is 0 Å². The van der Waals surface area contributed by atoms with Gasteiger partial charge in [-0.15, -0.1) is 11.8 Å². The standard InChI is InChI=1S/C15H21NO2S/c1-2-19-14-5-3-12(4-6-14)11-15(18)16-9-7-13(17)8-10-16/h3-6,13,17H,2,7-11H2,1H3. The van der Waals surface area contributed by atoms with Crippen LogP contribution in [0.15, 0.2) is 29.2 Å². The summed E-state index contributed by atoms with van der Waals surface area (Å²) in [6.45, 7) is 3.50. The van der Waals surface area contributed by atoms with Crippen molar-refractivity contribution in [3.05, 3.63) is 29.8 Å². The van der Waals surface area contributed by atoms with Gasteiger partial charge in [-0.05, 0) is 36.3 Å². The van der Waals surface area contributed by atoms with Crippen LogP contribution in [0.1, 0.15) is 25.3 Å². The highest BCUT2D eigenvalue weighted by Gasteiger charge is 2.21. The first-order valence-corrected chi connectivity index (χ1v) is 7.85. The number of aliphatic hydroxyl groups excluding tert-OH is 1. The molecular weight excluding hydrogens is 258 g/mol. The second-order valence-electron chi connectivity index (χ2n) is 4.87. The lowest BCUT2D eigenvalue weighted by atomic mass is 10.1. The summed E-state index contributed by atoms with van der Waals surface area (Å²) in [5.74, 6) is 1.23. The summed E-state index contributed by atoms with van der Waals surface area (Å²) >= 11 is 1.81. The Hall–Kier alpha value is -1.00. The van der Waals surface area contributed by atoms with Crippen LogP contribution in [-0.4, -0.2) is 40.9 Å². The molecule has 1 aromatic rings. The molecule has 0 aromatic heterocycles. The predicted molar refractivity (Wildman–Crippen MR) is 78.4 cm³/mol. The minimum Gasteiger partial charge on any atom is -0.393 e. The number of likely N-dealkylation sites (tertiary alicyclic amines) is 1. The van der Waals surface area contributed by atoms with Crippen molar-refractivity contribution in [2.45, 2.75) is 37.2 Å². The van der Waals surface area contributed by atoms with Gasteiger partial charge in [0.2, 0.25) is 5.91 Å². The van der Waals surface area contributed by atoms with Crippen LogP contribution in [-0.2, 0) is 11.2 Å². The molecule has 1 aliphatic heterocycles. The Morgan fingerprint density at radius 1 is 1.32 bits per heavy atom. The maximum Gasteiger partial charge on any atom is 0.226 e. The summed E-state index contributed by atoms with van der Waals surface area (Å²) in [6, 6.07) is 8.23. The Bertz CT molecular complexity index is 411. The maximum absolute atomic E-state index is 12.1. The van der Waals surface area contributed by atoms with Gasteiger partial charge < -0.3 is 10.0 Å². The van der Waals surface area contributed by atoms with E-state index in [0.29, 0.717) is 32.4 Å². The molecule has 3 nitrogen and oxygen atoms in total. The van der Waals surface area contributed by atoms with Crippen LogP contribution < -0.4 is 0 Å². The first-order chi connectivity index (χ1) is 9.19. The van der Waals surface area contributed by atoms with Crippen molar-refractivity contribution in [3.63, 3.8) is 0 Å². The number of carbonyl (C=O) groups is 1. The van der Waals surface area contributed by atoms with Crippen molar-refractivity contribution in [1.29, 1.82) is 0 Å². The molecule has 0 unspecified atom stereocenters. The molecule has 0 atom stereocenters. The van der Waals surface area contributed by atoms with E-state index in [9.17, 15) is 9.90 Å². The maximum atomic E-state index is 12.1. The fourth-order valence-electron chi connectivity index (χ4n) is 2.27. The average Bonchev–Trinajstić information content (AvgIpc) is 2.42. The topological polar surface area (TPSA) is 40.5 Å². The lowest BCUT2D eigenvalue weighted by molar-refractivity contribution is -0.132. The number of carbonyl (C=O) groups excluding carboxylic acids is 1. The molecule has 1 aromatic carbocycles. The minimum absolute atomic E-state index is 0.169. The summed E-state index contributed by atoms with van der Waals surface area (Å²) in [5, 5.41) is 9.44. The normalized spacial score (nSPS) is 16.6. The van der Waals surface area contributed by atoms with Crippen molar-refractivity contribution in [2.75, 3.05) is 18.8 Å². The third-order valence-corrected chi connectivity index (χ3v) is 4.30. The number of amides is 1. The molecule has 1 amide bonds. The highest BCUT2D eigenvalue weighted by molar-refractivity contribution is 7.99. The molecule has 4 heteroatoms. The SMILES string of the molecule is CCSc1ccc(CC(=O)N2CCC(O)CC2)cc1. The monoisotopic (exact) mass is 279 g/mol. The third kappa shape index (κ3) is 4.25. The molecule has 1 fully saturated rings. The van der Waals surface area contributed by atoms with E-state index in [0.717, 1.165) is 11.3 Å². The van der Waals surface area contributed by atoms with Crippen LogP contribution in [0.2, 0.25) is 0 Å². The quantitative estimate of drug-likeness (QED) is 0.860. The summed E-state index contributed by atoms with van der Waals surface area (Å²) in [5.41, 5.74) is 1.07. The van der Waals surface area contributed by atoms with E-state index in [1.54, 1.807) is 0 Å². The number of nitrogens with zero attached hydrogens (tertiary/aromatic N) is 1. The Balaban J connectivity index is 1.88. The van der Waals surface area contributed by atoms with E-state index in [4.69, 9.17) is 0 Å². The minimum atomic E-state index is -0.227. The second-order valence-corrected chi connectivity index (χ2v) is 6.20. The van der Waals surface area contributed by atoms with Crippen molar-refractivity contribution >= 4 is 17.7 Å². The number of benzene rings is 1. The fourth-order valence-corrected chi connectivity index (χ4v) is 2.93. The van der Waals surface area contributed by atoms with Crippen LogP contribution in [0.3, 0.4) is 0 Å². The van der Waals surface area contributed by atoms with Crippen molar-refractivity contribution < 1.29 is 9.90 Å². The molecule has 2 rings (SSSR count). The largest absolute Gasteiger partial charge is 0.393 e. The van der Waals surface area contributed by atoms with Gasteiger partial charge in [0.25, 0.3) is 0 Å². The van der Waals surface area contributed by atoms with Crippen molar-refractivity contribution in [1.82, 2.24) is 4.90 Å². The first kappa shape index (κ1) is 14.4. The van der Waals surface area contributed by atoms with Crippen LogP contribution in [0.4, 0.5) is 0 Å². The molecule has 0 bridgehead atoms.